The third-order valence-corrected chi connectivity index (χ3v) is 6.93. The molecule has 5 N–H and O–H groups in total. The fourth-order valence-corrected chi connectivity index (χ4v) is 5.31. The molecule has 9 nitrogen and oxygen atoms in total. The Morgan fingerprint density at radius 1 is 0.903 bits per heavy atom. The molecule has 3 atom stereocenters. The number of ether oxygens (including phenoxy) is 2. The molecule has 180 valence electrons. The van der Waals surface area contributed by atoms with Gasteiger partial charge in [-0.3, -0.25) is 14.4 Å². The van der Waals surface area contributed by atoms with Gasteiger partial charge in [0, 0.05) is 22.3 Å². The largest absolute Gasteiger partial charge is 0.468 e. The zero-order valence-electron chi connectivity index (χ0n) is 19.7. The molecule has 0 bridgehead atoms. The van der Waals surface area contributed by atoms with Gasteiger partial charge in [-0.2, -0.15) is 0 Å². The van der Waals surface area contributed by atoms with Crippen molar-refractivity contribution in [2.75, 3.05) is 25.7 Å². The molecule has 31 heavy (non-hydrogen) atoms. The molecule has 0 saturated carbocycles. The van der Waals surface area contributed by atoms with E-state index in [0.29, 0.717) is 0 Å². The summed E-state index contributed by atoms with van der Waals surface area (Å²) in [5.41, 5.74) is 9.07. The third kappa shape index (κ3) is 9.80. The van der Waals surface area contributed by atoms with Crippen LogP contribution in [0, 0.1) is 10.8 Å². The molecule has 0 aliphatic rings. The lowest BCUT2D eigenvalue weighted by atomic mass is 9.71. The van der Waals surface area contributed by atoms with Crippen molar-refractivity contribution in [1.82, 2.24) is 5.32 Å². The van der Waals surface area contributed by atoms with Crippen LogP contribution in [0.5, 0.6) is 0 Å². The van der Waals surface area contributed by atoms with Gasteiger partial charge in [0.15, 0.2) is 5.78 Å². The standard InChI is InChI=1S/C20H37N3O6S2/c1-18(2,3)16(26)20(6,22)11-19(4,5)17(27)23-13(15(25)29-8)10-31-30-9-12(21)14(24)28-7/h12-13H,9-11,21-22H2,1-8H3,(H,23,27). The number of amides is 1. The van der Waals surface area contributed by atoms with Crippen LogP contribution in [0.1, 0.15) is 48.0 Å². The lowest BCUT2D eigenvalue weighted by molar-refractivity contribution is -0.146. The number of carbonyl (C=O) groups excluding carboxylic acids is 4. The Balaban J connectivity index is 5.08. The first-order valence-corrected chi connectivity index (χ1v) is 12.3. The molecule has 0 heterocycles. The van der Waals surface area contributed by atoms with Crippen LogP contribution >= 0.6 is 21.6 Å². The minimum atomic E-state index is -1.21. The second kappa shape index (κ2) is 12.1. The molecular formula is C20H37N3O6S2. The first kappa shape index (κ1) is 29.7. The normalized spacial score (nSPS) is 15.9. The van der Waals surface area contributed by atoms with Crippen LogP contribution in [-0.2, 0) is 28.7 Å². The van der Waals surface area contributed by atoms with Crippen LogP contribution in [-0.4, -0.2) is 67.0 Å². The quantitative estimate of drug-likeness (QED) is 0.212. The summed E-state index contributed by atoms with van der Waals surface area (Å²) in [7, 11) is 5.04. The average molecular weight is 480 g/mol. The Morgan fingerprint density at radius 2 is 1.39 bits per heavy atom. The molecule has 0 rings (SSSR count). The Kier molecular flexibility index (Phi) is 11.6. The Morgan fingerprint density at radius 3 is 1.84 bits per heavy atom. The summed E-state index contributed by atoms with van der Waals surface area (Å²) in [6.45, 7) is 10.3. The Labute approximate surface area is 192 Å². The lowest BCUT2D eigenvalue weighted by Gasteiger charge is -2.36. The van der Waals surface area contributed by atoms with E-state index in [1.54, 1.807) is 41.5 Å². The fourth-order valence-electron chi connectivity index (χ4n) is 3.06. The van der Waals surface area contributed by atoms with Gasteiger partial charge in [0.2, 0.25) is 5.91 Å². The van der Waals surface area contributed by atoms with E-state index in [2.05, 4.69) is 10.1 Å². The summed E-state index contributed by atoms with van der Waals surface area (Å²) < 4.78 is 9.35. The number of hydrogen-bond donors (Lipinski definition) is 3. The molecule has 0 radical (unpaired) electrons. The molecule has 0 aliphatic heterocycles. The predicted octanol–water partition coefficient (Wildman–Crippen LogP) is 1.27. The summed E-state index contributed by atoms with van der Waals surface area (Å²) >= 11 is 0. The molecule has 0 fully saturated rings. The Hall–Kier alpha value is -1.30. The molecule has 0 saturated heterocycles. The number of esters is 2. The van der Waals surface area contributed by atoms with Gasteiger partial charge in [-0.05, 0) is 13.3 Å². The van der Waals surface area contributed by atoms with Crippen molar-refractivity contribution in [2.24, 2.45) is 22.3 Å². The number of hydrogen-bond acceptors (Lipinski definition) is 10. The van der Waals surface area contributed by atoms with Gasteiger partial charge in [0.25, 0.3) is 0 Å². The highest BCUT2D eigenvalue weighted by molar-refractivity contribution is 8.76. The molecule has 0 aromatic heterocycles. The minimum absolute atomic E-state index is 0.103. The maximum atomic E-state index is 12.9. The van der Waals surface area contributed by atoms with Crippen molar-refractivity contribution in [3.8, 4) is 0 Å². The Bertz CT molecular complexity index is 662. The van der Waals surface area contributed by atoms with Crippen LogP contribution in [0.2, 0.25) is 0 Å². The number of carbonyl (C=O) groups is 4. The molecule has 0 aromatic rings. The van der Waals surface area contributed by atoms with Crippen molar-refractivity contribution in [3.05, 3.63) is 0 Å². The van der Waals surface area contributed by atoms with Gasteiger partial charge in [-0.1, -0.05) is 56.2 Å². The molecular weight excluding hydrogens is 442 g/mol. The van der Waals surface area contributed by atoms with Crippen molar-refractivity contribution in [1.29, 1.82) is 0 Å². The highest BCUT2D eigenvalue weighted by Crippen LogP contribution is 2.32. The van der Waals surface area contributed by atoms with Crippen LogP contribution in [0.4, 0.5) is 0 Å². The van der Waals surface area contributed by atoms with Crippen molar-refractivity contribution >= 4 is 45.2 Å². The zero-order chi connectivity index (χ0) is 24.6. The van der Waals surface area contributed by atoms with E-state index < -0.39 is 46.3 Å². The summed E-state index contributed by atoms with van der Waals surface area (Å²) in [4.78, 5) is 49.1. The van der Waals surface area contributed by atoms with E-state index >= 15 is 0 Å². The molecule has 0 spiro atoms. The number of methoxy groups -OCH3 is 2. The zero-order valence-corrected chi connectivity index (χ0v) is 21.3. The second-order valence-corrected chi connectivity index (χ2v) is 11.9. The van der Waals surface area contributed by atoms with Gasteiger partial charge in [0.05, 0.1) is 19.8 Å². The van der Waals surface area contributed by atoms with Crippen LogP contribution in [0.3, 0.4) is 0 Å². The van der Waals surface area contributed by atoms with Crippen molar-refractivity contribution in [2.45, 2.75) is 65.6 Å². The third-order valence-electron chi connectivity index (χ3n) is 4.48. The van der Waals surface area contributed by atoms with Gasteiger partial charge in [-0.15, -0.1) is 0 Å². The summed E-state index contributed by atoms with van der Waals surface area (Å²) in [6, 6.07) is -1.69. The first-order chi connectivity index (χ1) is 14.0. The van der Waals surface area contributed by atoms with Gasteiger partial charge in [-0.25, -0.2) is 4.79 Å². The van der Waals surface area contributed by atoms with Gasteiger partial charge >= 0.3 is 11.9 Å². The van der Waals surface area contributed by atoms with E-state index in [1.165, 1.54) is 35.8 Å². The molecule has 3 unspecified atom stereocenters. The monoisotopic (exact) mass is 479 g/mol. The topological polar surface area (TPSA) is 151 Å². The first-order valence-electron chi connectivity index (χ1n) is 9.80. The predicted molar refractivity (Wildman–Crippen MR) is 124 cm³/mol. The smallest absolute Gasteiger partial charge is 0.329 e. The minimum Gasteiger partial charge on any atom is -0.468 e. The number of nitrogens with two attached hydrogens (primary N) is 2. The summed E-state index contributed by atoms with van der Waals surface area (Å²) in [5.74, 6) is -1.21. The van der Waals surface area contributed by atoms with Crippen molar-refractivity contribution in [3.63, 3.8) is 0 Å². The lowest BCUT2D eigenvalue weighted by Crippen LogP contribution is -2.56. The number of rotatable bonds is 12. The van der Waals surface area contributed by atoms with E-state index in [4.69, 9.17) is 16.2 Å². The average Bonchev–Trinajstić information content (AvgIpc) is 2.66. The maximum Gasteiger partial charge on any atom is 0.329 e. The molecule has 0 aromatic carbocycles. The molecule has 1 amide bonds. The highest BCUT2D eigenvalue weighted by atomic mass is 33.1. The number of nitrogens with one attached hydrogen (secondary N) is 1. The summed E-state index contributed by atoms with van der Waals surface area (Å²) in [5, 5.41) is 2.69. The number of ketones is 1. The SMILES string of the molecule is COC(=O)C(N)CSSCC(NC(=O)C(C)(C)CC(C)(N)C(=O)C(C)(C)C)C(=O)OC. The highest BCUT2D eigenvalue weighted by Gasteiger charge is 2.43. The van der Waals surface area contributed by atoms with Crippen molar-refractivity contribution < 1.29 is 28.7 Å². The maximum absolute atomic E-state index is 12.9. The van der Waals surface area contributed by atoms with E-state index in [-0.39, 0.29) is 23.7 Å². The number of Topliss-reactive ketones (excluding diaryl/α,β-unsaturated/α-hetero) is 1. The van der Waals surface area contributed by atoms with Crippen LogP contribution in [0.15, 0.2) is 0 Å². The van der Waals surface area contributed by atoms with Gasteiger partial charge in [0.1, 0.15) is 12.1 Å². The fraction of sp³-hybridized carbons (Fsp3) is 0.800. The van der Waals surface area contributed by atoms with Crippen LogP contribution < -0.4 is 16.8 Å². The van der Waals surface area contributed by atoms with Gasteiger partial charge < -0.3 is 26.3 Å². The second-order valence-electron chi connectivity index (χ2n) is 9.31. The molecule has 11 heteroatoms. The van der Waals surface area contributed by atoms with E-state index in [9.17, 15) is 19.2 Å². The van der Waals surface area contributed by atoms with Crippen LogP contribution in [0.25, 0.3) is 0 Å². The summed E-state index contributed by atoms with van der Waals surface area (Å²) in [6.07, 6.45) is 0.103. The molecule has 0 aliphatic carbocycles. The van der Waals surface area contributed by atoms with E-state index in [0.717, 1.165) is 0 Å². The van der Waals surface area contributed by atoms with E-state index in [1.807, 2.05) is 0 Å².